The summed E-state index contributed by atoms with van der Waals surface area (Å²) in [6, 6.07) is 13.9. The molecule has 0 saturated carbocycles. The van der Waals surface area contributed by atoms with Gasteiger partial charge in [-0.1, -0.05) is 35.5 Å². The Kier molecular flexibility index (Phi) is 3.31. The van der Waals surface area contributed by atoms with Crippen LogP contribution in [-0.4, -0.2) is 17.5 Å². The Bertz CT molecular complexity index is 723. The van der Waals surface area contributed by atoms with E-state index in [2.05, 4.69) is 9.99 Å². The molecule has 3 rings (SSSR count). The van der Waals surface area contributed by atoms with Crippen molar-refractivity contribution >= 4 is 17.5 Å². The number of ketones is 1. The Hall–Kier alpha value is -2.82. The summed E-state index contributed by atoms with van der Waals surface area (Å²) < 4.78 is 12.9. The Balaban J connectivity index is 1.96. The number of nitrogens with zero attached hydrogens (tertiary/aromatic N) is 1. The van der Waals surface area contributed by atoms with Gasteiger partial charge in [-0.15, -0.1) is 0 Å². The first-order valence-corrected chi connectivity index (χ1v) is 6.31. The molecule has 0 bridgehead atoms. The highest BCUT2D eigenvalue weighted by Gasteiger charge is 2.40. The van der Waals surface area contributed by atoms with Crippen molar-refractivity contribution in [3.8, 4) is 0 Å². The normalized spacial score (nSPS) is 17.3. The van der Waals surface area contributed by atoms with Crippen molar-refractivity contribution in [2.24, 2.45) is 11.1 Å². The standard InChI is InChI=1S/C16H10FNO3/c17-12-8-6-11(7-9-12)15(19)13-14(18-21-16(13)20)10-4-2-1-3-5-10/h1-9,13H. The topological polar surface area (TPSA) is 55.7 Å². The van der Waals surface area contributed by atoms with Gasteiger partial charge >= 0.3 is 5.97 Å². The first-order valence-electron chi connectivity index (χ1n) is 6.31. The van der Waals surface area contributed by atoms with E-state index in [1.54, 1.807) is 24.3 Å². The maximum absolute atomic E-state index is 12.9. The molecular weight excluding hydrogens is 273 g/mol. The maximum atomic E-state index is 12.9. The minimum atomic E-state index is -1.11. The molecule has 0 fully saturated rings. The molecule has 0 N–H and O–H groups in total. The van der Waals surface area contributed by atoms with Crippen LogP contribution in [0.15, 0.2) is 59.8 Å². The summed E-state index contributed by atoms with van der Waals surface area (Å²) in [5, 5.41) is 3.70. The number of hydrogen-bond donors (Lipinski definition) is 0. The van der Waals surface area contributed by atoms with Gasteiger partial charge in [-0.2, -0.15) is 0 Å². The molecule has 0 amide bonds. The van der Waals surface area contributed by atoms with E-state index in [9.17, 15) is 14.0 Å². The minimum absolute atomic E-state index is 0.240. The van der Waals surface area contributed by atoms with Gasteiger partial charge in [-0.25, -0.2) is 9.18 Å². The van der Waals surface area contributed by atoms with Crippen LogP contribution in [0, 0.1) is 11.7 Å². The van der Waals surface area contributed by atoms with Gasteiger partial charge in [0.2, 0.25) is 0 Å². The first kappa shape index (κ1) is 13.2. The van der Waals surface area contributed by atoms with Crippen LogP contribution in [0.1, 0.15) is 15.9 Å². The Morgan fingerprint density at radius 3 is 2.38 bits per heavy atom. The largest absolute Gasteiger partial charge is 0.351 e. The fourth-order valence-electron chi connectivity index (χ4n) is 2.15. The molecule has 1 heterocycles. The third kappa shape index (κ3) is 2.45. The number of oxime groups is 1. The number of benzene rings is 2. The summed E-state index contributed by atoms with van der Waals surface area (Å²) in [4.78, 5) is 28.9. The van der Waals surface area contributed by atoms with Crippen LogP contribution in [0.4, 0.5) is 4.39 Å². The highest BCUT2D eigenvalue weighted by Crippen LogP contribution is 2.22. The van der Waals surface area contributed by atoms with Crippen molar-refractivity contribution in [2.75, 3.05) is 0 Å². The Labute approximate surface area is 119 Å². The van der Waals surface area contributed by atoms with Crippen molar-refractivity contribution in [3.05, 3.63) is 71.5 Å². The van der Waals surface area contributed by atoms with Gasteiger partial charge in [-0.05, 0) is 24.3 Å². The molecule has 4 nitrogen and oxygen atoms in total. The van der Waals surface area contributed by atoms with E-state index >= 15 is 0 Å². The molecular formula is C16H10FNO3. The SMILES string of the molecule is O=C1ON=C(c2ccccc2)C1C(=O)c1ccc(F)cc1. The summed E-state index contributed by atoms with van der Waals surface area (Å²) >= 11 is 0. The van der Waals surface area contributed by atoms with Gasteiger partial charge < -0.3 is 4.84 Å². The summed E-state index contributed by atoms with van der Waals surface area (Å²) in [6.07, 6.45) is 0. The van der Waals surface area contributed by atoms with E-state index in [0.717, 1.165) is 0 Å². The molecule has 0 radical (unpaired) electrons. The lowest BCUT2D eigenvalue weighted by atomic mass is 9.90. The number of carbonyl (C=O) groups is 2. The summed E-state index contributed by atoms with van der Waals surface area (Å²) in [5.74, 6) is -2.74. The molecule has 1 aliphatic heterocycles. The average Bonchev–Trinajstić information content (AvgIpc) is 2.90. The van der Waals surface area contributed by atoms with E-state index < -0.39 is 23.5 Å². The quantitative estimate of drug-likeness (QED) is 0.494. The maximum Gasteiger partial charge on any atom is 0.351 e. The third-order valence-corrected chi connectivity index (χ3v) is 3.20. The summed E-state index contributed by atoms with van der Waals surface area (Å²) in [7, 11) is 0. The molecule has 1 atom stereocenters. The van der Waals surface area contributed by atoms with Gasteiger partial charge in [-0.3, -0.25) is 4.79 Å². The third-order valence-electron chi connectivity index (χ3n) is 3.20. The van der Waals surface area contributed by atoms with Crippen molar-refractivity contribution < 1.29 is 18.8 Å². The predicted molar refractivity (Wildman–Crippen MR) is 73.3 cm³/mol. The molecule has 1 unspecified atom stereocenters. The average molecular weight is 283 g/mol. The second kappa shape index (κ2) is 5.28. The molecule has 0 saturated heterocycles. The van der Waals surface area contributed by atoms with Crippen molar-refractivity contribution in [1.29, 1.82) is 0 Å². The molecule has 104 valence electrons. The minimum Gasteiger partial charge on any atom is -0.317 e. The van der Waals surface area contributed by atoms with E-state index in [1.807, 2.05) is 6.07 Å². The molecule has 2 aromatic rings. The summed E-state index contributed by atoms with van der Waals surface area (Å²) in [5.41, 5.74) is 1.16. The van der Waals surface area contributed by atoms with Gasteiger partial charge in [0.15, 0.2) is 11.7 Å². The van der Waals surface area contributed by atoms with Crippen LogP contribution in [0.25, 0.3) is 0 Å². The zero-order chi connectivity index (χ0) is 14.8. The highest BCUT2D eigenvalue weighted by molar-refractivity contribution is 6.29. The van der Waals surface area contributed by atoms with Gasteiger partial charge in [0.05, 0.1) is 0 Å². The lowest BCUT2D eigenvalue weighted by Gasteiger charge is -2.08. The Morgan fingerprint density at radius 1 is 1.05 bits per heavy atom. The highest BCUT2D eigenvalue weighted by atomic mass is 19.1. The van der Waals surface area contributed by atoms with E-state index in [-0.39, 0.29) is 11.3 Å². The second-order valence-corrected chi connectivity index (χ2v) is 4.56. The molecule has 21 heavy (non-hydrogen) atoms. The van der Waals surface area contributed by atoms with Gasteiger partial charge in [0.25, 0.3) is 0 Å². The fraction of sp³-hybridized carbons (Fsp3) is 0.0625. The lowest BCUT2D eigenvalue weighted by molar-refractivity contribution is -0.142. The molecule has 0 aliphatic carbocycles. The summed E-state index contributed by atoms with van der Waals surface area (Å²) in [6.45, 7) is 0. The van der Waals surface area contributed by atoms with Crippen LogP contribution in [-0.2, 0) is 9.63 Å². The zero-order valence-corrected chi connectivity index (χ0v) is 10.8. The van der Waals surface area contributed by atoms with Crippen LogP contribution >= 0.6 is 0 Å². The zero-order valence-electron chi connectivity index (χ0n) is 10.8. The molecule has 0 spiro atoms. The second-order valence-electron chi connectivity index (χ2n) is 4.56. The smallest absolute Gasteiger partial charge is 0.317 e. The van der Waals surface area contributed by atoms with Crippen LogP contribution in [0.2, 0.25) is 0 Å². The number of carbonyl (C=O) groups excluding carboxylic acids is 2. The number of halogens is 1. The number of rotatable bonds is 3. The van der Waals surface area contributed by atoms with Crippen molar-refractivity contribution in [3.63, 3.8) is 0 Å². The molecule has 2 aromatic carbocycles. The molecule has 0 aromatic heterocycles. The van der Waals surface area contributed by atoms with E-state index in [4.69, 9.17) is 0 Å². The monoisotopic (exact) mass is 283 g/mol. The molecule has 5 heteroatoms. The predicted octanol–water partition coefficient (Wildman–Crippen LogP) is 2.59. The number of Topliss-reactive ketones (excluding diaryl/α,β-unsaturated/α-hetero) is 1. The molecule has 1 aliphatic rings. The Morgan fingerprint density at radius 2 is 1.71 bits per heavy atom. The van der Waals surface area contributed by atoms with E-state index in [0.29, 0.717) is 5.56 Å². The first-order chi connectivity index (χ1) is 10.2. The fourth-order valence-corrected chi connectivity index (χ4v) is 2.15. The van der Waals surface area contributed by atoms with Crippen LogP contribution in [0.5, 0.6) is 0 Å². The van der Waals surface area contributed by atoms with Gasteiger partial charge in [0, 0.05) is 11.1 Å². The van der Waals surface area contributed by atoms with Crippen LogP contribution in [0.3, 0.4) is 0 Å². The van der Waals surface area contributed by atoms with E-state index in [1.165, 1.54) is 24.3 Å². The number of hydrogen-bond acceptors (Lipinski definition) is 4. The lowest BCUT2D eigenvalue weighted by Crippen LogP contribution is -2.28. The van der Waals surface area contributed by atoms with Gasteiger partial charge in [0.1, 0.15) is 11.5 Å². The van der Waals surface area contributed by atoms with Crippen LogP contribution < -0.4 is 0 Å². The van der Waals surface area contributed by atoms with Crippen molar-refractivity contribution in [2.45, 2.75) is 0 Å². The van der Waals surface area contributed by atoms with Crippen molar-refractivity contribution in [1.82, 2.24) is 0 Å².